The smallest absolute Gasteiger partial charge is 0.271 e. The monoisotopic (exact) mass is 624 g/mol. The van der Waals surface area contributed by atoms with Gasteiger partial charge in [-0.3, -0.25) is 19.0 Å². The van der Waals surface area contributed by atoms with Crippen LogP contribution in [0.15, 0.2) is 130 Å². The van der Waals surface area contributed by atoms with Gasteiger partial charge >= 0.3 is 0 Å². The van der Waals surface area contributed by atoms with Crippen molar-refractivity contribution in [2.24, 2.45) is 4.99 Å². The number of anilines is 2. The lowest BCUT2D eigenvalue weighted by Crippen LogP contribution is -2.41. The van der Waals surface area contributed by atoms with Gasteiger partial charge in [0.1, 0.15) is 4.53 Å². The van der Waals surface area contributed by atoms with Gasteiger partial charge in [-0.15, -0.1) is 0 Å². The third-order valence-electron chi connectivity index (χ3n) is 8.53. The van der Waals surface area contributed by atoms with E-state index in [-0.39, 0.29) is 17.4 Å². The first-order valence-electron chi connectivity index (χ1n) is 15.3. The van der Waals surface area contributed by atoms with E-state index < -0.39 is 6.04 Å². The van der Waals surface area contributed by atoms with Crippen LogP contribution in [0.5, 0.6) is 0 Å². The molecule has 7 rings (SSSR count). The van der Waals surface area contributed by atoms with Crippen LogP contribution >= 0.6 is 11.3 Å². The Balaban J connectivity index is 1.41. The number of thiazole rings is 1. The minimum absolute atomic E-state index is 0.231. The van der Waals surface area contributed by atoms with Gasteiger partial charge in [0.25, 0.3) is 17.4 Å². The van der Waals surface area contributed by atoms with Gasteiger partial charge in [-0.25, -0.2) is 4.99 Å². The van der Waals surface area contributed by atoms with E-state index >= 15 is 0 Å². The number of aromatic nitrogens is 1. The Morgan fingerprint density at radius 3 is 2.22 bits per heavy atom. The quantitative estimate of drug-likeness (QED) is 0.255. The first kappa shape index (κ1) is 29.4. The first-order chi connectivity index (χ1) is 22.3. The summed E-state index contributed by atoms with van der Waals surface area (Å²) in [5.41, 5.74) is 5.97. The van der Waals surface area contributed by atoms with Crippen LogP contribution in [0.25, 0.3) is 5.57 Å². The van der Waals surface area contributed by atoms with E-state index in [2.05, 4.69) is 19.2 Å². The van der Waals surface area contributed by atoms with Crippen molar-refractivity contribution in [2.75, 3.05) is 10.2 Å². The minimum Gasteiger partial charge on any atom is -0.322 e. The van der Waals surface area contributed by atoms with Crippen LogP contribution in [-0.4, -0.2) is 16.4 Å². The van der Waals surface area contributed by atoms with E-state index in [0.717, 1.165) is 22.4 Å². The fourth-order valence-electron chi connectivity index (χ4n) is 6.18. The molecule has 0 spiro atoms. The Morgan fingerprint density at radius 2 is 1.52 bits per heavy atom. The van der Waals surface area contributed by atoms with Crippen LogP contribution in [0.4, 0.5) is 11.4 Å². The predicted molar refractivity (Wildman–Crippen MR) is 182 cm³/mol. The van der Waals surface area contributed by atoms with Crippen molar-refractivity contribution < 1.29 is 9.59 Å². The molecule has 2 aliphatic rings. The maximum Gasteiger partial charge on any atom is 0.271 e. The molecule has 2 aliphatic heterocycles. The number of para-hydroxylation sites is 2. The highest BCUT2D eigenvalue weighted by Gasteiger charge is 2.37. The first-order valence-corrected chi connectivity index (χ1v) is 16.1. The number of nitrogens with one attached hydrogen (secondary N) is 1. The average Bonchev–Trinajstić information content (AvgIpc) is 3.53. The molecule has 0 aliphatic carbocycles. The summed E-state index contributed by atoms with van der Waals surface area (Å²) in [4.78, 5) is 49.7. The lowest BCUT2D eigenvalue weighted by Gasteiger charge is -2.25. The fourth-order valence-corrected chi connectivity index (χ4v) is 7.32. The summed E-state index contributed by atoms with van der Waals surface area (Å²) in [6, 6.07) is 33.9. The summed E-state index contributed by atoms with van der Waals surface area (Å²) in [7, 11) is 0. The van der Waals surface area contributed by atoms with Crippen LogP contribution in [0, 0.1) is 0 Å². The third kappa shape index (κ3) is 5.10. The van der Waals surface area contributed by atoms with E-state index in [4.69, 9.17) is 4.99 Å². The van der Waals surface area contributed by atoms with Gasteiger partial charge in [0.05, 0.1) is 35.1 Å². The maximum atomic E-state index is 14.6. The zero-order chi connectivity index (χ0) is 31.9. The molecular formula is C38H32N4O3S. The number of benzene rings is 4. The number of nitrogens with zero attached hydrogens (tertiary/aromatic N) is 3. The molecule has 46 heavy (non-hydrogen) atoms. The average molecular weight is 625 g/mol. The predicted octanol–water partition coefficient (Wildman–Crippen LogP) is 5.91. The summed E-state index contributed by atoms with van der Waals surface area (Å²) in [6.07, 6.45) is 0. The molecule has 5 aromatic rings. The number of hydrogen-bond acceptors (Lipinski definition) is 5. The van der Waals surface area contributed by atoms with Gasteiger partial charge < -0.3 is 10.2 Å². The second kappa shape index (κ2) is 11.9. The van der Waals surface area contributed by atoms with Gasteiger partial charge in [0.2, 0.25) is 0 Å². The van der Waals surface area contributed by atoms with Crippen molar-refractivity contribution in [3.63, 3.8) is 0 Å². The van der Waals surface area contributed by atoms with Crippen molar-refractivity contribution in [1.29, 1.82) is 0 Å². The lowest BCUT2D eigenvalue weighted by atomic mass is 9.93. The maximum absolute atomic E-state index is 14.6. The Bertz CT molecular complexity index is 2200. The SMILES string of the molecule is CC1=C(C(=O)Nc2ccccc2)[C@@H](c2ccc(C(C)C)cc2)n2c(s/c(=C3\C(=O)N(Cc4ccccc4)c4ccccc43)c2=O)=N1. The number of allylic oxidation sites excluding steroid dienone is 1. The normalized spacial score (nSPS) is 16.7. The zero-order valence-corrected chi connectivity index (χ0v) is 26.5. The molecular weight excluding hydrogens is 593 g/mol. The second-order valence-corrected chi connectivity index (χ2v) is 12.8. The van der Waals surface area contributed by atoms with Crippen LogP contribution in [0.3, 0.4) is 0 Å². The highest BCUT2D eigenvalue weighted by atomic mass is 32.1. The van der Waals surface area contributed by atoms with E-state index in [9.17, 15) is 14.4 Å². The van der Waals surface area contributed by atoms with E-state index in [1.165, 1.54) is 11.3 Å². The van der Waals surface area contributed by atoms with Gasteiger partial charge in [-0.05, 0) is 47.7 Å². The van der Waals surface area contributed by atoms with E-state index in [1.807, 2.05) is 109 Å². The second-order valence-electron chi connectivity index (χ2n) is 11.8. The van der Waals surface area contributed by atoms with Gasteiger partial charge in [-0.1, -0.05) is 116 Å². The molecule has 0 fully saturated rings. The lowest BCUT2D eigenvalue weighted by molar-refractivity contribution is -0.114. The summed E-state index contributed by atoms with van der Waals surface area (Å²) in [5.74, 6) is -0.242. The number of hydrogen-bond donors (Lipinski definition) is 1. The highest BCUT2D eigenvalue weighted by Crippen LogP contribution is 2.37. The number of fused-ring (bicyclic) bond motifs is 2. The molecule has 8 heteroatoms. The number of carbonyl (C=O) groups excluding carboxylic acids is 2. The Labute approximate surface area is 270 Å². The number of amides is 2. The minimum atomic E-state index is -0.734. The largest absolute Gasteiger partial charge is 0.322 e. The topological polar surface area (TPSA) is 83.8 Å². The van der Waals surface area contributed by atoms with Gasteiger partial charge in [0.15, 0.2) is 4.80 Å². The summed E-state index contributed by atoms with van der Waals surface area (Å²) in [5, 5.41) is 3.00. The molecule has 0 bridgehead atoms. The molecule has 0 saturated carbocycles. The van der Waals surface area contributed by atoms with Gasteiger partial charge in [-0.2, -0.15) is 0 Å². The van der Waals surface area contributed by atoms with Crippen molar-refractivity contribution in [3.8, 4) is 0 Å². The molecule has 1 N–H and O–H groups in total. The highest BCUT2D eigenvalue weighted by molar-refractivity contribution is 7.07. The van der Waals surface area contributed by atoms with Crippen molar-refractivity contribution in [3.05, 3.63) is 162 Å². The van der Waals surface area contributed by atoms with Crippen LogP contribution in [-0.2, 0) is 16.1 Å². The van der Waals surface area contributed by atoms with E-state index in [0.29, 0.717) is 49.9 Å². The Morgan fingerprint density at radius 1 is 0.870 bits per heavy atom. The number of rotatable bonds is 6. The van der Waals surface area contributed by atoms with Crippen LogP contribution < -0.4 is 25.1 Å². The molecule has 0 radical (unpaired) electrons. The third-order valence-corrected chi connectivity index (χ3v) is 9.58. The summed E-state index contributed by atoms with van der Waals surface area (Å²) in [6.45, 7) is 6.43. The molecule has 0 saturated heterocycles. The van der Waals surface area contributed by atoms with Crippen molar-refractivity contribution >= 4 is 40.1 Å². The van der Waals surface area contributed by atoms with Crippen LogP contribution in [0.1, 0.15) is 55.0 Å². The summed E-state index contributed by atoms with van der Waals surface area (Å²) >= 11 is 1.20. The molecule has 3 heterocycles. The zero-order valence-electron chi connectivity index (χ0n) is 25.7. The van der Waals surface area contributed by atoms with E-state index in [1.54, 1.807) is 16.4 Å². The van der Waals surface area contributed by atoms with Crippen molar-refractivity contribution in [2.45, 2.75) is 39.3 Å². The van der Waals surface area contributed by atoms with Crippen molar-refractivity contribution in [1.82, 2.24) is 4.57 Å². The Kier molecular flexibility index (Phi) is 7.58. The Hall–Kier alpha value is -5.34. The molecule has 4 aromatic carbocycles. The summed E-state index contributed by atoms with van der Waals surface area (Å²) < 4.78 is 1.90. The standard InChI is InChI=1S/C38H32N4O3S/c1-23(2)26-18-20-27(21-19-26)33-31(35(43)40-28-14-8-5-9-15-28)24(3)39-38-42(33)37(45)34(46-38)32-29-16-10-11-17-30(29)41(36(32)44)22-25-12-6-4-7-13-25/h4-21,23,33H,22H2,1-3H3,(H,40,43)/b34-32-/t33-/m1/s1. The fraction of sp³-hybridized carbons (Fsp3) is 0.158. The van der Waals surface area contributed by atoms with Crippen LogP contribution in [0.2, 0.25) is 0 Å². The number of carbonyl (C=O) groups is 2. The molecule has 2 amide bonds. The van der Waals surface area contributed by atoms with Gasteiger partial charge in [0, 0.05) is 11.3 Å². The molecule has 1 atom stereocenters. The molecule has 1 aromatic heterocycles. The molecule has 0 unspecified atom stereocenters. The molecule has 7 nitrogen and oxygen atoms in total. The molecule has 228 valence electrons.